The third-order valence-corrected chi connectivity index (χ3v) is 9.52. The van der Waals surface area contributed by atoms with Gasteiger partial charge < -0.3 is 14.2 Å². The van der Waals surface area contributed by atoms with E-state index in [-0.39, 0.29) is 48.4 Å². The fourth-order valence-corrected chi connectivity index (χ4v) is 7.41. The summed E-state index contributed by atoms with van der Waals surface area (Å²) in [5, 5.41) is 6.64. The summed E-state index contributed by atoms with van der Waals surface area (Å²) in [6.45, 7) is -0.0355. The number of pyridine rings is 1. The normalized spacial score (nSPS) is 23.6. The number of hydrogen-bond acceptors (Lipinski definition) is 8. The Hall–Kier alpha value is -4.17. The van der Waals surface area contributed by atoms with E-state index in [0.717, 1.165) is 43.1 Å². The van der Waals surface area contributed by atoms with E-state index in [1.807, 2.05) is 35.2 Å². The highest BCUT2D eigenvalue weighted by Gasteiger charge is 2.49. The summed E-state index contributed by atoms with van der Waals surface area (Å²) in [5.41, 5.74) is 0.238. The van der Waals surface area contributed by atoms with E-state index < -0.39 is 36.2 Å². The molecule has 6 heterocycles. The number of ether oxygens (including phenoxy) is 3. The lowest BCUT2D eigenvalue weighted by Gasteiger charge is -2.30. The first-order chi connectivity index (χ1) is 22.7. The van der Waals surface area contributed by atoms with E-state index in [1.54, 1.807) is 10.9 Å². The fourth-order valence-electron chi connectivity index (χ4n) is 7.41. The Morgan fingerprint density at radius 2 is 1.89 bits per heavy atom. The van der Waals surface area contributed by atoms with E-state index in [0.29, 0.717) is 29.4 Å². The van der Waals surface area contributed by atoms with E-state index in [2.05, 4.69) is 20.1 Å². The number of halogens is 5. The number of fused-ring (bicyclic) bond motifs is 4. The van der Waals surface area contributed by atoms with Gasteiger partial charge in [-0.2, -0.15) is 28.2 Å². The molecule has 8 rings (SSSR count). The first kappa shape index (κ1) is 30.2. The van der Waals surface area contributed by atoms with Crippen LogP contribution in [0.4, 0.5) is 22.0 Å². The maximum atomic E-state index is 16.8. The van der Waals surface area contributed by atoms with Crippen molar-refractivity contribution in [3.05, 3.63) is 48.5 Å². The molecule has 3 aliphatic rings. The quantitative estimate of drug-likeness (QED) is 0.175. The molecule has 1 unspecified atom stereocenters. The van der Waals surface area contributed by atoms with Gasteiger partial charge in [-0.1, -0.05) is 24.3 Å². The third kappa shape index (κ3) is 5.40. The summed E-state index contributed by atoms with van der Waals surface area (Å²) in [7, 11) is 0. The van der Waals surface area contributed by atoms with Crippen molar-refractivity contribution >= 4 is 32.6 Å². The largest absolute Gasteiger partial charge is 0.467 e. The standard InChI is InChI=1S/C33H31F5N6O3/c34-20-13-32(9-5-10-43(32)16-20)17-47-31-41-28-23(30(42-31)46-18-33(36,37)38)14-39-29(27(28)35)26-21-7-2-1-6-19(21)12-24-22(26)15-40-44(24)25-8-3-4-11-45-25/h1-2,6-7,12,14-15,20,25H,3-5,8-11,13,16-18H2/t20-,25?,32+/m1/s1. The first-order valence-electron chi connectivity index (χ1n) is 15.8. The lowest BCUT2D eigenvalue weighted by Crippen LogP contribution is -2.43. The molecule has 0 saturated carbocycles. The lowest BCUT2D eigenvalue weighted by molar-refractivity contribution is -0.153. The van der Waals surface area contributed by atoms with Crippen LogP contribution in [0.5, 0.6) is 11.9 Å². The molecule has 0 radical (unpaired) electrons. The van der Waals surface area contributed by atoms with Crippen molar-refractivity contribution in [1.29, 1.82) is 0 Å². The molecule has 14 heteroatoms. The van der Waals surface area contributed by atoms with Crippen LogP contribution in [0.1, 0.15) is 44.8 Å². The Balaban J connectivity index is 1.26. The number of aromatic nitrogens is 5. The molecule has 9 nitrogen and oxygen atoms in total. The van der Waals surface area contributed by atoms with E-state index in [9.17, 15) is 17.6 Å². The average molecular weight is 655 g/mol. The third-order valence-electron chi connectivity index (χ3n) is 9.52. The molecule has 3 aromatic heterocycles. The monoisotopic (exact) mass is 654 g/mol. The van der Waals surface area contributed by atoms with Crippen molar-refractivity contribution < 1.29 is 36.2 Å². The Labute approximate surface area is 265 Å². The van der Waals surface area contributed by atoms with Crippen LogP contribution in [0.15, 0.2) is 42.7 Å². The second-order valence-corrected chi connectivity index (χ2v) is 12.6. The van der Waals surface area contributed by atoms with Gasteiger partial charge in [0.15, 0.2) is 18.7 Å². The predicted molar refractivity (Wildman–Crippen MR) is 162 cm³/mol. The minimum atomic E-state index is -4.68. The van der Waals surface area contributed by atoms with Gasteiger partial charge in [0.1, 0.15) is 24.0 Å². The predicted octanol–water partition coefficient (Wildman–Crippen LogP) is 6.93. The molecule has 0 N–H and O–H groups in total. The molecule has 3 saturated heterocycles. The molecule has 2 aromatic carbocycles. The highest BCUT2D eigenvalue weighted by Crippen LogP contribution is 2.42. The van der Waals surface area contributed by atoms with Gasteiger partial charge in [-0.15, -0.1) is 0 Å². The van der Waals surface area contributed by atoms with Crippen molar-refractivity contribution in [3.8, 4) is 23.1 Å². The van der Waals surface area contributed by atoms with Gasteiger partial charge in [0, 0.05) is 36.7 Å². The zero-order valence-electron chi connectivity index (χ0n) is 25.3. The van der Waals surface area contributed by atoms with Gasteiger partial charge in [-0.3, -0.25) is 9.88 Å². The molecule has 246 valence electrons. The van der Waals surface area contributed by atoms with Crippen LogP contribution in [0.25, 0.3) is 43.8 Å². The second kappa shape index (κ2) is 11.5. The van der Waals surface area contributed by atoms with Crippen molar-refractivity contribution in [2.45, 2.75) is 62.6 Å². The van der Waals surface area contributed by atoms with Gasteiger partial charge in [-0.05, 0) is 55.5 Å². The van der Waals surface area contributed by atoms with Crippen molar-refractivity contribution in [2.24, 2.45) is 0 Å². The smallest absolute Gasteiger partial charge is 0.422 e. The van der Waals surface area contributed by atoms with Crippen LogP contribution < -0.4 is 9.47 Å². The molecule has 47 heavy (non-hydrogen) atoms. The lowest BCUT2D eigenvalue weighted by atomic mass is 9.95. The zero-order chi connectivity index (χ0) is 32.3. The number of alkyl halides is 4. The summed E-state index contributed by atoms with van der Waals surface area (Å²) in [6, 6.07) is 9.08. The summed E-state index contributed by atoms with van der Waals surface area (Å²) >= 11 is 0. The van der Waals surface area contributed by atoms with E-state index in [1.165, 1.54) is 6.20 Å². The van der Waals surface area contributed by atoms with Gasteiger partial charge in [0.25, 0.3) is 0 Å². The maximum Gasteiger partial charge on any atom is 0.422 e. The van der Waals surface area contributed by atoms with Crippen LogP contribution in [-0.2, 0) is 4.74 Å². The highest BCUT2D eigenvalue weighted by atomic mass is 19.4. The number of benzene rings is 2. The summed E-state index contributed by atoms with van der Waals surface area (Å²) in [4.78, 5) is 14.9. The SMILES string of the molecule is Fc1c(-c2c3ccccc3cc3c2cnn3C2CCCCO2)ncc2c(OCC(F)(F)F)nc(OC[C@@]34CCCN3C[C@H](F)C4)nc12. The van der Waals surface area contributed by atoms with Crippen LogP contribution in [-0.4, -0.2) is 80.4 Å². The molecule has 5 aromatic rings. The molecular weight excluding hydrogens is 623 g/mol. The molecule has 0 aliphatic carbocycles. The topological polar surface area (TPSA) is 87.4 Å². The van der Waals surface area contributed by atoms with Crippen LogP contribution in [0.2, 0.25) is 0 Å². The van der Waals surface area contributed by atoms with Gasteiger partial charge in [-0.25, -0.2) is 13.5 Å². The number of hydrogen-bond donors (Lipinski definition) is 0. The first-order valence-corrected chi connectivity index (χ1v) is 15.8. The van der Waals surface area contributed by atoms with E-state index in [4.69, 9.17) is 14.2 Å². The maximum absolute atomic E-state index is 16.8. The molecule has 0 spiro atoms. The molecule has 0 bridgehead atoms. The van der Waals surface area contributed by atoms with E-state index >= 15 is 4.39 Å². The Kier molecular flexibility index (Phi) is 7.39. The molecular formula is C33H31F5N6O3. The van der Waals surface area contributed by atoms with Crippen molar-refractivity contribution in [1.82, 2.24) is 29.6 Å². The zero-order valence-corrected chi connectivity index (χ0v) is 25.3. The Bertz CT molecular complexity index is 1980. The minimum absolute atomic E-state index is 0.00354. The Morgan fingerprint density at radius 1 is 1.02 bits per heavy atom. The van der Waals surface area contributed by atoms with Crippen molar-refractivity contribution in [3.63, 3.8) is 0 Å². The van der Waals surface area contributed by atoms with Crippen LogP contribution in [0.3, 0.4) is 0 Å². The molecule has 0 amide bonds. The fraction of sp³-hybridized carbons (Fsp3) is 0.455. The van der Waals surface area contributed by atoms with Crippen LogP contribution in [0, 0.1) is 5.82 Å². The number of nitrogens with zero attached hydrogens (tertiary/aromatic N) is 6. The second-order valence-electron chi connectivity index (χ2n) is 12.6. The highest BCUT2D eigenvalue weighted by molar-refractivity contribution is 6.11. The molecule has 3 aliphatic heterocycles. The number of rotatable bonds is 7. The summed E-state index contributed by atoms with van der Waals surface area (Å²) in [5.74, 6) is -1.39. The summed E-state index contributed by atoms with van der Waals surface area (Å²) < 4.78 is 89.6. The average Bonchev–Trinajstić information content (AvgIpc) is 3.74. The van der Waals surface area contributed by atoms with Gasteiger partial charge in [0.05, 0.1) is 22.6 Å². The van der Waals surface area contributed by atoms with Crippen molar-refractivity contribution in [2.75, 3.05) is 32.9 Å². The minimum Gasteiger partial charge on any atom is -0.467 e. The van der Waals surface area contributed by atoms with Crippen LogP contribution >= 0.6 is 0 Å². The molecule has 3 fully saturated rings. The Morgan fingerprint density at radius 3 is 2.72 bits per heavy atom. The van der Waals surface area contributed by atoms with Gasteiger partial charge >= 0.3 is 12.2 Å². The van der Waals surface area contributed by atoms with Gasteiger partial charge in [0.2, 0.25) is 5.88 Å². The summed E-state index contributed by atoms with van der Waals surface area (Å²) in [6.07, 6.45) is 1.46. The molecule has 3 atom stereocenters.